The van der Waals surface area contributed by atoms with Gasteiger partial charge >= 0.3 is 0 Å². The van der Waals surface area contributed by atoms with Crippen molar-refractivity contribution in [1.82, 2.24) is 5.32 Å². The average molecular weight is 233 g/mol. The summed E-state index contributed by atoms with van der Waals surface area (Å²) in [5, 5.41) is 3.04. The van der Waals surface area contributed by atoms with Gasteiger partial charge in [0.25, 0.3) is 0 Å². The Morgan fingerprint density at radius 3 is 2.00 bits per heavy atom. The quantitative estimate of drug-likeness (QED) is 0.857. The summed E-state index contributed by atoms with van der Waals surface area (Å²) in [5.74, 6) is -1.11. The van der Waals surface area contributed by atoms with Crippen molar-refractivity contribution < 1.29 is 8.78 Å². The Morgan fingerprint density at radius 1 is 0.882 bits per heavy atom. The van der Waals surface area contributed by atoms with Crippen molar-refractivity contribution in [3.8, 4) is 11.1 Å². The van der Waals surface area contributed by atoms with Crippen molar-refractivity contribution >= 4 is 0 Å². The minimum Gasteiger partial charge on any atom is -0.316 e. The lowest BCUT2D eigenvalue weighted by Crippen LogP contribution is -2.04. The van der Waals surface area contributed by atoms with Gasteiger partial charge in [0.05, 0.1) is 0 Å². The molecule has 1 N–H and O–H groups in total. The van der Waals surface area contributed by atoms with Gasteiger partial charge in [-0.3, -0.25) is 0 Å². The lowest BCUT2D eigenvalue weighted by Gasteiger charge is -2.04. The first-order valence-electron chi connectivity index (χ1n) is 5.39. The van der Waals surface area contributed by atoms with Crippen molar-refractivity contribution in [2.45, 2.75) is 6.54 Å². The normalized spacial score (nSPS) is 10.5. The predicted octanol–water partition coefficient (Wildman–Crippen LogP) is 3.35. The first-order valence-corrected chi connectivity index (χ1v) is 5.39. The predicted molar refractivity (Wildman–Crippen MR) is 64.6 cm³/mol. The summed E-state index contributed by atoms with van der Waals surface area (Å²) < 4.78 is 26.1. The van der Waals surface area contributed by atoms with Gasteiger partial charge in [-0.2, -0.15) is 0 Å². The van der Waals surface area contributed by atoms with Gasteiger partial charge in [0.1, 0.15) is 11.6 Å². The number of hydrogen-bond donors (Lipinski definition) is 1. The van der Waals surface area contributed by atoms with E-state index in [1.165, 1.54) is 12.1 Å². The molecule has 17 heavy (non-hydrogen) atoms. The van der Waals surface area contributed by atoms with Gasteiger partial charge in [-0.15, -0.1) is 0 Å². The zero-order valence-corrected chi connectivity index (χ0v) is 9.50. The van der Waals surface area contributed by atoms with E-state index in [0.717, 1.165) is 23.7 Å². The summed E-state index contributed by atoms with van der Waals surface area (Å²) in [4.78, 5) is 0. The first kappa shape index (κ1) is 11.7. The van der Waals surface area contributed by atoms with Crippen LogP contribution in [0.3, 0.4) is 0 Å². The van der Waals surface area contributed by atoms with Crippen LogP contribution in [-0.2, 0) is 6.54 Å². The Kier molecular flexibility index (Phi) is 3.49. The van der Waals surface area contributed by atoms with Gasteiger partial charge in [-0.05, 0) is 35.9 Å². The van der Waals surface area contributed by atoms with Crippen molar-refractivity contribution in [3.05, 3.63) is 59.7 Å². The number of nitrogens with one attached hydrogen (secondary N) is 1. The summed E-state index contributed by atoms with van der Waals surface area (Å²) in [7, 11) is 1.87. The Balaban J connectivity index is 2.32. The Hall–Kier alpha value is -1.74. The zero-order chi connectivity index (χ0) is 12.3. The molecule has 0 atom stereocenters. The molecule has 1 nitrogen and oxygen atoms in total. The molecule has 2 aromatic rings. The summed E-state index contributed by atoms with van der Waals surface area (Å²) >= 11 is 0. The number of benzene rings is 2. The minimum absolute atomic E-state index is 0.554. The van der Waals surface area contributed by atoms with Gasteiger partial charge < -0.3 is 5.32 Å². The highest BCUT2D eigenvalue weighted by atomic mass is 19.1. The molecule has 88 valence electrons. The van der Waals surface area contributed by atoms with Crippen LogP contribution >= 0.6 is 0 Å². The number of halogens is 2. The monoisotopic (exact) mass is 233 g/mol. The van der Waals surface area contributed by atoms with E-state index in [2.05, 4.69) is 5.32 Å². The van der Waals surface area contributed by atoms with E-state index in [-0.39, 0.29) is 0 Å². The standard InChI is InChI=1S/C14H13F2N/c1-17-9-10-2-4-11(5-3-10)12-6-13(15)8-14(16)7-12/h2-8,17H,9H2,1H3. The van der Waals surface area contributed by atoms with E-state index in [4.69, 9.17) is 0 Å². The van der Waals surface area contributed by atoms with Crippen molar-refractivity contribution in [2.24, 2.45) is 0 Å². The molecule has 2 aromatic carbocycles. The molecule has 0 amide bonds. The fourth-order valence-corrected chi connectivity index (χ4v) is 1.74. The van der Waals surface area contributed by atoms with Crippen LogP contribution in [0.2, 0.25) is 0 Å². The van der Waals surface area contributed by atoms with Crippen molar-refractivity contribution in [1.29, 1.82) is 0 Å². The zero-order valence-electron chi connectivity index (χ0n) is 9.50. The topological polar surface area (TPSA) is 12.0 Å². The molecule has 0 aliphatic carbocycles. The van der Waals surface area contributed by atoms with E-state index in [9.17, 15) is 8.78 Å². The molecule has 0 radical (unpaired) electrons. The van der Waals surface area contributed by atoms with Crippen LogP contribution in [0.4, 0.5) is 8.78 Å². The molecule has 0 aromatic heterocycles. The molecular formula is C14H13F2N. The number of hydrogen-bond acceptors (Lipinski definition) is 1. The largest absolute Gasteiger partial charge is 0.316 e. The van der Waals surface area contributed by atoms with Gasteiger partial charge in [-0.1, -0.05) is 24.3 Å². The molecule has 0 bridgehead atoms. The Morgan fingerprint density at radius 2 is 1.47 bits per heavy atom. The lowest BCUT2D eigenvalue weighted by atomic mass is 10.0. The third-order valence-corrected chi connectivity index (χ3v) is 2.53. The van der Waals surface area contributed by atoms with Crippen molar-refractivity contribution in [2.75, 3.05) is 7.05 Å². The highest BCUT2D eigenvalue weighted by Gasteiger charge is 2.03. The molecule has 0 unspecified atom stereocenters. The van der Waals surface area contributed by atoms with E-state index in [1.807, 2.05) is 31.3 Å². The second kappa shape index (κ2) is 5.06. The fraction of sp³-hybridized carbons (Fsp3) is 0.143. The van der Waals surface area contributed by atoms with Gasteiger partial charge in [0.2, 0.25) is 0 Å². The molecule has 0 aliphatic rings. The van der Waals surface area contributed by atoms with Crippen LogP contribution in [0.5, 0.6) is 0 Å². The summed E-state index contributed by atoms with van der Waals surface area (Å²) in [6, 6.07) is 11.1. The third-order valence-electron chi connectivity index (χ3n) is 2.53. The maximum absolute atomic E-state index is 13.1. The molecular weight excluding hydrogens is 220 g/mol. The second-order valence-corrected chi connectivity index (χ2v) is 3.89. The third kappa shape index (κ3) is 2.88. The van der Waals surface area contributed by atoms with E-state index >= 15 is 0 Å². The van der Waals surface area contributed by atoms with Gasteiger partial charge in [0.15, 0.2) is 0 Å². The highest BCUT2D eigenvalue weighted by molar-refractivity contribution is 5.63. The number of rotatable bonds is 3. The van der Waals surface area contributed by atoms with Gasteiger partial charge in [-0.25, -0.2) is 8.78 Å². The summed E-state index contributed by atoms with van der Waals surface area (Å²) in [6.07, 6.45) is 0. The molecule has 0 heterocycles. The maximum atomic E-state index is 13.1. The fourth-order valence-electron chi connectivity index (χ4n) is 1.74. The van der Waals surface area contributed by atoms with E-state index in [1.54, 1.807) is 0 Å². The SMILES string of the molecule is CNCc1ccc(-c2cc(F)cc(F)c2)cc1. The smallest absolute Gasteiger partial charge is 0.126 e. The van der Waals surface area contributed by atoms with Crippen LogP contribution in [0.1, 0.15) is 5.56 Å². The maximum Gasteiger partial charge on any atom is 0.126 e. The first-order chi connectivity index (χ1) is 8.19. The van der Waals surface area contributed by atoms with Crippen LogP contribution in [0.25, 0.3) is 11.1 Å². The highest BCUT2D eigenvalue weighted by Crippen LogP contribution is 2.22. The van der Waals surface area contributed by atoms with Crippen molar-refractivity contribution in [3.63, 3.8) is 0 Å². The molecule has 0 spiro atoms. The molecule has 2 rings (SSSR count). The Bertz CT molecular complexity index is 486. The minimum atomic E-state index is -0.556. The van der Waals surface area contributed by atoms with E-state index < -0.39 is 11.6 Å². The van der Waals surface area contributed by atoms with Crippen LogP contribution in [-0.4, -0.2) is 7.05 Å². The molecule has 3 heteroatoms. The van der Waals surface area contributed by atoms with Gasteiger partial charge in [0, 0.05) is 12.6 Å². The lowest BCUT2D eigenvalue weighted by molar-refractivity contribution is 0.584. The Labute approximate surface area is 99.1 Å². The molecule has 0 saturated heterocycles. The van der Waals surface area contributed by atoms with Crippen LogP contribution in [0, 0.1) is 11.6 Å². The molecule has 0 fully saturated rings. The van der Waals surface area contributed by atoms with Crippen LogP contribution < -0.4 is 5.32 Å². The van der Waals surface area contributed by atoms with E-state index in [0.29, 0.717) is 5.56 Å². The summed E-state index contributed by atoms with van der Waals surface area (Å²) in [5.41, 5.74) is 2.50. The molecule has 0 saturated carbocycles. The molecule has 0 aliphatic heterocycles. The second-order valence-electron chi connectivity index (χ2n) is 3.89. The summed E-state index contributed by atoms with van der Waals surface area (Å²) in [6.45, 7) is 0.776. The average Bonchev–Trinajstić information content (AvgIpc) is 2.29. The van der Waals surface area contributed by atoms with Crippen LogP contribution in [0.15, 0.2) is 42.5 Å².